The standard InChI is InChI=1S/C12H20N4O/c1-3-10-8-11(17)15(2)12(14-10)16-6-4-9(13)5-7-16/h8-9H,3-7,13H2,1-2H3. The van der Waals surface area contributed by atoms with Crippen LogP contribution in [0.4, 0.5) is 5.95 Å². The number of hydrogen-bond acceptors (Lipinski definition) is 4. The Labute approximate surface area is 101 Å². The van der Waals surface area contributed by atoms with Crippen molar-refractivity contribution in [3.8, 4) is 0 Å². The molecule has 0 saturated carbocycles. The van der Waals surface area contributed by atoms with Crippen molar-refractivity contribution >= 4 is 5.95 Å². The lowest BCUT2D eigenvalue weighted by Crippen LogP contribution is -2.42. The molecule has 2 N–H and O–H groups in total. The first-order valence-corrected chi connectivity index (χ1v) is 6.19. The summed E-state index contributed by atoms with van der Waals surface area (Å²) in [4.78, 5) is 18.5. The Morgan fingerprint density at radius 1 is 1.47 bits per heavy atom. The summed E-state index contributed by atoms with van der Waals surface area (Å²) in [6.07, 6.45) is 2.72. The van der Waals surface area contributed by atoms with Gasteiger partial charge in [-0.3, -0.25) is 9.36 Å². The molecular formula is C12H20N4O. The molecule has 1 aliphatic heterocycles. The van der Waals surface area contributed by atoms with Crippen LogP contribution in [0.1, 0.15) is 25.5 Å². The van der Waals surface area contributed by atoms with E-state index in [1.807, 2.05) is 6.92 Å². The highest BCUT2D eigenvalue weighted by Gasteiger charge is 2.19. The molecule has 0 unspecified atom stereocenters. The number of hydrogen-bond donors (Lipinski definition) is 1. The summed E-state index contributed by atoms with van der Waals surface area (Å²) in [5, 5.41) is 0. The zero-order valence-corrected chi connectivity index (χ0v) is 10.5. The third-order valence-corrected chi connectivity index (χ3v) is 3.35. The van der Waals surface area contributed by atoms with Crippen LogP contribution in [0.25, 0.3) is 0 Å². The Bertz CT molecular complexity index is 446. The van der Waals surface area contributed by atoms with Gasteiger partial charge in [-0.2, -0.15) is 0 Å². The van der Waals surface area contributed by atoms with Gasteiger partial charge in [-0.25, -0.2) is 4.98 Å². The lowest BCUT2D eigenvalue weighted by molar-refractivity contribution is 0.489. The highest BCUT2D eigenvalue weighted by atomic mass is 16.1. The first kappa shape index (κ1) is 12.1. The lowest BCUT2D eigenvalue weighted by atomic mass is 10.1. The molecule has 0 aliphatic carbocycles. The molecule has 2 rings (SSSR count). The van der Waals surface area contributed by atoms with Gasteiger partial charge in [-0.15, -0.1) is 0 Å². The predicted octanol–water partition coefficient (Wildman–Crippen LogP) is 0.270. The Hall–Kier alpha value is -1.36. The summed E-state index contributed by atoms with van der Waals surface area (Å²) in [6.45, 7) is 3.78. The van der Waals surface area contributed by atoms with E-state index in [1.54, 1.807) is 17.7 Å². The third-order valence-electron chi connectivity index (χ3n) is 3.35. The molecule has 0 aromatic carbocycles. The van der Waals surface area contributed by atoms with Crippen LogP contribution in [-0.2, 0) is 13.5 Å². The molecule has 1 fully saturated rings. The monoisotopic (exact) mass is 236 g/mol. The largest absolute Gasteiger partial charge is 0.342 e. The van der Waals surface area contributed by atoms with Gasteiger partial charge in [0.05, 0.1) is 0 Å². The van der Waals surface area contributed by atoms with E-state index in [1.165, 1.54) is 0 Å². The zero-order chi connectivity index (χ0) is 12.4. The number of rotatable bonds is 2. The molecule has 1 aromatic rings. The van der Waals surface area contributed by atoms with E-state index in [0.717, 1.165) is 44.0 Å². The fourth-order valence-corrected chi connectivity index (χ4v) is 2.14. The summed E-state index contributed by atoms with van der Waals surface area (Å²) in [6, 6.07) is 1.90. The smallest absolute Gasteiger partial charge is 0.254 e. The fraction of sp³-hybridized carbons (Fsp3) is 0.667. The van der Waals surface area contributed by atoms with Crippen molar-refractivity contribution in [1.82, 2.24) is 9.55 Å². The van der Waals surface area contributed by atoms with Crippen molar-refractivity contribution in [2.24, 2.45) is 12.8 Å². The molecule has 1 aliphatic rings. The van der Waals surface area contributed by atoms with Crippen LogP contribution in [0, 0.1) is 0 Å². The van der Waals surface area contributed by atoms with Gasteiger partial charge in [0.15, 0.2) is 0 Å². The third kappa shape index (κ3) is 2.49. The maximum absolute atomic E-state index is 11.8. The van der Waals surface area contributed by atoms with Crippen molar-refractivity contribution < 1.29 is 0 Å². The first-order valence-electron chi connectivity index (χ1n) is 6.19. The summed E-state index contributed by atoms with van der Waals surface area (Å²) >= 11 is 0. The quantitative estimate of drug-likeness (QED) is 0.800. The van der Waals surface area contributed by atoms with E-state index >= 15 is 0 Å². The number of nitrogens with two attached hydrogens (primary N) is 1. The molecular weight excluding hydrogens is 216 g/mol. The van der Waals surface area contributed by atoms with Gasteiger partial charge < -0.3 is 10.6 Å². The highest BCUT2D eigenvalue weighted by Crippen LogP contribution is 2.15. The van der Waals surface area contributed by atoms with Crippen LogP contribution in [0.2, 0.25) is 0 Å². The molecule has 94 valence electrons. The first-order chi connectivity index (χ1) is 8.11. The van der Waals surface area contributed by atoms with Crippen LogP contribution < -0.4 is 16.2 Å². The van der Waals surface area contributed by atoms with Gasteiger partial charge in [0.25, 0.3) is 5.56 Å². The Morgan fingerprint density at radius 2 is 2.12 bits per heavy atom. The summed E-state index contributed by atoms with van der Waals surface area (Å²) in [7, 11) is 1.78. The van der Waals surface area contributed by atoms with Crippen molar-refractivity contribution in [2.75, 3.05) is 18.0 Å². The van der Waals surface area contributed by atoms with Crippen LogP contribution in [-0.4, -0.2) is 28.7 Å². The second-order valence-electron chi connectivity index (χ2n) is 4.62. The Morgan fingerprint density at radius 3 is 2.71 bits per heavy atom. The summed E-state index contributed by atoms with van der Waals surface area (Å²) < 4.78 is 1.62. The average molecular weight is 236 g/mol. The maximum atomic E-state index is 11.8. The molecule has 5 nitrogen and oxygen atoms in total. The number of aryl methyl sites for hydroxylation is 1. The van der Waals surface area contributed by atoms with Gasteiger partial charge in [0.2, 0.25) is 5.95 Å². The average Bonchev–Trinajstić information content (AvgIpc) is 2.34. The molecule has 0 spiro atoms. The maximum Gasteiger partial charge on any atom is 0.254 e. The van der Waals surface area contributed by atoms with Crippen molar-refractivity contribution in [3.05, 3.63) is 22.1 Å². The van der Waals surface area contributed by atoms with E-state index in [4.69, 9.17) is 5.73 Å². The Kier molecular flexibility index (Phi) is 3.47. The number of aromatic nitrogens is 2. The minimum absolute atomic E-state index is 0.0155. The van der Waals surface area contributed by atoms with E-state index in [0.29, 0.717) is 0 Å². The summed E-state index contributed by atoms with van der Waals surface area (Å²) in [5.41, 5.74) is 6.76. The van der Waals surface area contributed by atoms with Crippen LogP contribution >= 0.6 is 0 Å². The minimum Gasteiger partial charge on any atom is -0.342 e. The fourth-order valence-electron chi connectivity index (χ4n) is 2.14. The normalized spacial score (nSPS) is 17.5. The molecule has 1 saturated heterocycles. The van der Waals surface area contributed by atoms with E-state index in [9.17, 15) is 4.79 Å². The van der Waals surface area contributed by atoms with Gasteiger partial charge in [-0.05, 0) is 19.3 Å². The molecule has 0 radical (unpaired) electrons. The zero-order valence-electron chi connectivity index (χ0n) is 10.5. The molecule has 5 heteroatoms. The second-order valence-corrected chi connectivity index (χ2v) is 4.62. The lowest BCUT2D eigenvalue weighted by Gasteiger charge is -2.31. The molecule has 0 bridgehead atoms. The molecule has 1 aromatic heterocycles. The van der Waals surface area contributed by atoms with Gasteiger partial charge in [0.1, 0.15) is 0 Å². The van der Waals surface area contributed by atoms with Gasteiger partial charge in [0, 0.05) is 37.9 Å². The van der Waals surface area contributed by atoms with Crippen LogP contribution in [0.3, 0.4) is 0 Å². The second kappa shape index (κ2) is 4.87. The summed E-state index contributed by atoms with van der Waals surface area (Å²) in [5.74, 6) is 0.779. The highest BCUT2D eigenvalue weighted by molar-refractivity contribution is 5.32. The van der Waals surface area contributed by atoms with E-state index < -0.39 is 0 Å². The van der Waals surface area contributed by atoms with Gasteiger partial charge >= 0.3 is 0 Å². The Balaban J connectivity index is 2.31. The van der Waals surface area contributed by atoms with Gasteiger partial charge in [-0.1, -0.05) is 6.92 Å². The van der Waals surface area contributed by atoms with Crippen LogP contribution in [0.15, 0.2) is 10.9 Å². The minimum atomic E-state index is 0.0155. The molecule has 0 atom stereocenters. The number of piperidine rings is 1. The molecule has 17 heavy (non-hydrogen) atoms. The topological polar surface area (TPSA) is 64.2 Å². The van der Waals surface area contributed by atoms with E-state index in [2.05, 4.69) is 9.88 Å². The number of anilines is 1. The van der Waals surface area contributed by atoms with Crippen molar-refractivity contribution in [1.29, 1.82) is 0 Å². The molecule has 2 heterocycles. The van der Waals surface area contributed by atoms with E-state index in [-0.39, 0.29) is 11.6 Å². The van der Waals surface area contributed by atoms with Crippen molar-refractivity contribution in [2.45, 2.75) is 32.2 Å². The number of nitrogens with zero attached hydrogens (tertiary/aromatic N) is 3. The SMILES string of the molecule is CCc1cc(=O)n(C)c(N2CCC(N)CC2)n1. The van der Waals surface area contributed by atoms with Crippen LogP contribution in [0.5, 0.6) is 0 Å². The predicted molar refractivity (Wildman–Crippen MR) is 68.3 cm³/mol. The van der Waals surface area contributed by atoms with Crippen molar-refractivity contribution in [3.63, 3.8) is 0 Å². The molecule has 0 amide bonds.